The van der Waals surface area contributed by atoms with Crippen LogP contribution in [0.1, 0.15) is 100 Å². The molecule has 1 fully saturated rings. The Balaban J connectivity index is 1.05. The minimum Gasteiger partial charge on any atom is -0.504 e. The van der Waals surface area contributed by atoms with Crippen molar-refractivity contribution in [2.24, 2.45) is 0 Å². The molecule has 1 heterocycles. The number of aromatic hydroxyl groups is 25. The maximum absolute atomic E-state index is 15.1. The molecular weight excluding hydrogens is 1660 g/mol. The number of carbonyl (C=O) groups excluding carboxylic acids is 8. The highest BCUT2D eigenvalue weighted by atomic mass is 16.8. The van der Waals surface area contributed by atoms with Crippen molar-refractivity contribution >= 4 is 47.8 Å². The molecule has 1 saturated heterocycles. The number of carbonyl (C=O) groups is 8. The summed E-state index contributed by atoms with van der Waals surface area (Å²) in [6.07, 6.45) is -16.1. The number of rotatable bonds is 25. The van der Waals surface area contributed by atoms with Crippen LogP contribution in [0.4, 0.5) is 0 Å². The van der Waals surface area contributed by atoms with E-state index in [-0.39, 0.29) is 5.56 Å². The number of ether oxygens (including phenoxy) is 12. The van der Waals surface area contributed by atoms with Crippen LogP contribution in [0.25, 0.3) is 0 Å². The molecule has 10 aromatic carbocycles. The number of phenolic OH excluding ortho intramolecular Hbond substituents is 25. The number of phenols is 25. The van der Waals surface area contributed by atoms with Gasteiger partial charge in [-0.15, -0.1) is 0 Å². The molecular formula is C77H58O46. The predicted molar refractivity (Wildman–Crippen MR) is 389 cm³/mol. The van der Waals surface area contributed by atoms with E-state index in [1.165, 1.54) is 0 Å². The van der Waals surface area contributed by atoms with E-state index >= 15 is 9.59 Å². The van der Waals surface area contributed by atoms with Gasteiger partial charge in [-0.1, -0.05) is 0 Å². The molecule has 0 saturated carbocycles. The van der Waals surface area contributed by atoms with Gasteiger partial charge in [-0.3, -0.25) is 0 Å². The van der Waals surface area contributed by atoms with Gasteiger partial charge in [-0.25, -0.2) is 38.4 Å². The monoisotopic (exact) mass is 1720 g/mol. The van der Waals surface area contributed by atoms with Crippen LogP contribution in [-0.4, -0.2) is 225 Å². The highest BCUT2D eigenvalue weighted by Crippen LogP contribution is 2.48. The first-order chi connectivity index (χ1) is 57.9. The first-order valence-corrected chi connectivity index (χ1v) is 33.9. The summed E-state index contributed by atoms with van der Waals surface area (Å²) in [5.74, 6) is -48.5. The Morgan fingerprint density at radius 3 is 0.902 bits per heavy atom. The largest absolute Gasteiger partial charge is 0.504 e. The molecule has 10 aromatic rings. The topological polar surface area (TPSA) is 773 Å². The second-order valence-electron chi connectivity index (χ2n) is 25.6. The van der Waals surface area contributed by atoms with Crippen molar-refractivity contribution in [3.05, 3.63) is 177 Å². The van der Waals surface area contributed by atoms with E-state index in [9.17, 15) is 162 Å². The van der Waals surface area contributed by atoms with Crippen LogP contribution in [0.15, 0.2) is 121 Å². The molecule has 0 radical (unpaired) electrons. The van der Waals surface area contributed by atoms with E-state index in [0.29, 0.717) is 109 Å². The molecule has 642 valence electrons. The maximum Gasteiger partial charge on any atom is 0.343 e. The number of esters is 8. The van der Waals surface area contributed by atoms with Crippen molar-refractivity contribution in [3.8, 4) is 172 Å². The zero-order chi connectivity index (χ0) is 89.9. The van der Waals surface area contributed by atoms with E-state index in [1.54, 1.807) is 0 Å². The second-order valence-corrected chi connectivity index (χ2v) is 25.6. The summed E-state index contributed by atoms with van der Waals surface area (Å²) in [6.45, 7) is -3.93. The molecule has 46 nitrogen and oxygen atoms in total. The van der Waals surface area contributed by atoms with Gasteiger partial charge in [0.25, 0.3) is 0 Å². The van der Waals surface area contributed by atoms with E-state index in [1.807, 2.05) is 0 Å². The van der Waals surface area contributed by atoms with Crippen molar-refractivity contribution in [3.63, 3.8) is 0 Å². The molecule has 0 bridgehead atoms. The minimum atomic E-state index is -2.91. The fourth-order valence-corrected chi connectivity index (χ4v) is 11.1. The SMILES string of the molecule is O=C(OC[C@H]1O[C@@H](OC(=O)c2cc(O)c(O)c(OC(=O)c3cc(O)c(O)c(O)c3)c2)[C@H](OC(=O)c2cc(O)c(O)c(OC(=O)c3cc(O)c(O)c(O)c3)c2)[C@@H](OCOCc2cc(O)c(O)c(OC(=O)c3cc(O)c(O)c(O)c3)c2)[C@@H]1OC(=O)c1cc(O)c(O)c(OC(O)c2cc(O)c(O)c(O)c2)c1)c1cc(O)c(O)c(OC(=O)c2cc(O)c(O)c(O)c2)c1. The quantitative estimate of drug-likeness (QED) is 0.00891. The van der Waals surface area contributed by atoms with Crippen LogP contribution in [0.3, 0.4) is 0 Å². The number of aliphatic hydroxyl groups is 1. The van der Waals surface area contributed by atoms with Crippen LogP contribution in [0.2, 0.25) is 0 Å². The summed E-state index contributed by atoms with van der Waals surface area (Å²) in [4.78, 5) is 113. The van der Waals surface area contributed by atoms with Gasteiger partial charge in [0, 0.05) is 5.56 Å². The van der Waals surface area contributed by atoms with Crippen LogP contribution in [0, 0.1) is 0 Å². The molecule has 1 aliphatic rings. The van der Waals surface area contributed by atoms with Crippen molar-refractivity contribution in [2.75, 3.05) is 13.4 Å². The molecule has 1 unspecified atom stereocenters. The summed E-state index contributed by atoms with van der Waals surface area (Å²) >= 11 is 0. The molecule has 46 heteroatoms. The first kappa shape index (κ1) is 86.5. The summed E-state index contributed by atoms with van der Waals surface area (Å²) in [6, 6.07) is 10.8. The van der Waals surface area contributed by atoms with E-state index in [4.69, 9.17) is 56.8 Å². The van der Waals surface area contributed by atoms with Crippen LogP contribution < -0.4 is 23.7 Å². The number of hydrogen-bond donors (Lipinski definition) is 26. The lowest BCUT2D eigenvalue weighted by molar-refractivity contribution is -0.300. The van der Waals surface area contributed by atoms with E-state index < -0.39 is 327 Å². The highest BCUT2D eigenvalue weighted by Gasteiger charge is 2.54. The molecule has 0 aliphatic carbocycles. The Labute approximate surface area is 679 Å². The van der Waals surface area contributed by atoms with Gasteiger partial charge in [0.05, 0.1) is 51.1 Å². The summed E-state index contributed by atoms with van der Waals surface area (Å²) < 4.78 is 67.2. The molecule has 26 N–H and O–H groups in total. The lowest BCUT2D eigenvalue weighted by Gasteiger charge is -2.44. The van der Waals surface area contributed by atoms with E-state index in [2.05, 4.69) is 0 Å². The van der Waals surface area contributed by atoms with Crippen molar-refractivity contribution < 1.29 is 228 Å². The van der Waals surface area contributed by atoms with Gasteiger partial charge >= 0.3 is 47.8 Å². The molecule has 0 amide bonds. The van der Waals surface area contributed by atoms with Crippen molar-refractivity contribution in [1.29, 1.82) is 0 Å². The fraction of sp³-hybridized carbons (Fsp3) is 0.117. The fourth-order valence-electron chi connectivity index (χ4n) is 11.1. The summed E-state index contributed by atoms with van der Waals surface area (Å²) in [5.41, 5.74) is -8.07. The Morgan fingerprint density at radius 2 is 0.553 bits per heavy atom. The van der Waals surface area contributed by atoms with Gasteiger partial charge in [0.2, 0.25) is 41.3 Å². The van der Waals surface area contributed by atoms with Crippen molar-refractivity contribution in [1.82, 2.24) is 0 Å². The molecule has 123 heavy (non-hydrogen) atoms. The zero-order valence-corrected chi connectivity index (χ0v) is 60.9. The normalized spacial score (nSPS) is 15.0. The van der Waals surface area contributed by atoms with Gasteiger partial charge in [0.15, 0.2) is 156 Å². The maximum atomic E-state index is 15.1. The minimum absolute atomic E-state index is 0.335. The third-order valence-electron chi connectivity index (χ3n) is 17.2. The van der Waals surface area contributed by atoms with Crippen LogP contribution >= 0.6 is 0 Å². The molecule has 1 aliphatic heterocycles. The second kappa shape index (κ2) is 34.8. The van der Waals surface area contributed by atoms with Gasteiger partial charge < -0.3 is 190 Å². The lowest BCUT2D eigenvalue weighted by Crippen LogP contribution is -2.63. The third kappa shape index (κ3) is 18.7. The lowest BCUT2D eigenvalue weighted by atomic mass is 9.97. The Kier molecular flexibility index (Phi) is 24.5. The first-order valence-electron chi connectivity index (χ1n) is 33.9. The Hall–Kier alpha value is -17.4. The molecule has 0 spiro atoms. The Bertz CT molecular complexity index is 5860. The molecule has 11 rings (SSSR count). The highest BCUT2D eigenvalue weighted by molar-refractivity contribution is 5.99. The average molecular weight is 1720 g/mol. The molecule has 0 aromatic heterocycles. The van der Waals surface area contributed by atoms with E-state index in [0.717, 1.165) is 12.1 Å². The predicted octanol–water partition coefficient (Wildman–Crippen LogP) is 5.02. The van der Waals surface area contributed by atoms with Gasteiger partial charge in [0.1, 0.15) is 25.6 Å². The van der Waals surface area contributed by atoms with Crippen molar-refractivity contribution in [2.45, 2.75) is 43.6 Å². The molecule has 6 atom stereocenters. The zero-order valence-electron chi connectivity index (χ0n) is 60.9. The van der Waals surface area contributed by atoms with Gasteiger partial charge in [-0.2, -0.15) is 0 Å². The Morgan fingerprint density at radius 1 is 0.285 bits per heavy atom. The number of aliphatic hydroxyl groups excluding tert-OH is 1. The summed E-state index contributed by atoms with van der Waals surface area (Å²) in [5, 5.41) is 272. The number of benzene rings is 10. The summed E-state index contributed by atoms with van der Waals surface area (Å²) in [7, 11) is 0. The smallest absolute Gasteiger partial charge is 0.343 e. The number of hydrogen-bond acceptors (Lipinski definition) is 46. The van der Waals surface area contributed by atoms with Crippen LogP contribution in [0.5, 0.6) is 172 Å². The van der Waals surface area contributed by atoms with Crippen LogP contribution in [-0.2, 0) is 39.8 Å². The standard InChI is InChI=1S/C77H58O46/c78-34-1-24(2-49(60(34)98)115-69(104)25-3-35(79)55(93)36(80)4-25)21-112-23-114-66-65(121-74(109)31-14-46(90)62(100)51(18-31)117-71(106)27-7-39(83)57(95)40(84)8-27)54(22-113-68(103)30-13-45(89)61(99)50(17-30)116-70(105)26-5-37(81)56(94)38(82)6-26)120-77(123-76(111)33-16-48(92)64(102)53(20-33)119-73(108)29-11-43(87)59(97)44(88)12-29)67(66)122-75(110)32-15-47(91)63(101)52(19-32)118-72(107)28-9-41(85)58(96)42(86)10-28/h1-20,54,65-67,71,77-102,106H,21-23H2/t54-,65-,66+,67-,71?,77+/m1/s1. The third-order valence-corrected chi connectivity index (χ3v) is 17.2. The average Bonchev–Trinajstić information content (AvgIpc) is 0.769. The van der Waals surface area contributed by atoms with Gasteiger partial charge in [-0.05, 0) is 127 Å².